The molecule has 2 amide bonds. The molecule has 0 aromatic heterocycles. The average Bonchev–Trinajstić information content (AvgIpc) is 2.75. The Morgan fingerprint density at radius 1 is 0.968 bits per heavy atom. The van der Waals surface area contributed by atoms with Crippen LogP contribution in [-0.4, -0.2) is 49.6 Å². The van der Waals surface area contributed by atoms with Crippen LogP contribution in [0.3, 0.4) is 0 Å². The summed E-state index contributed by atoms with van der Waals surface area (Å²) in [6.07, 6.45) is 0. The van der Waals surface area contributed by atoms with Crippen LogP contribution in [0.4, 0.5) is 4.39 Å². The number of amides is 2. The first-order valence-corrected chi connectivity index (χ1v) is 9.93. The van der Waals surface area contributed by atoms with E-state index >= 15 is 0 Å². The molecule has 0 heterocycles. The summed E-state index contributed by atoms with van der Waals surface area (Å²) in [5.41, 5.74) is 0.696. The molecule has 2 aromatic carbocycles. The molecule has 0 aliphatic rings. The van der Waals surface area contributed by atoms with E-state index in [9.17, 15) is 14.0 Å². The lowest BCUT2D eigenvalue weighted by Crippen LogP contribution is -2.50. The van der Waals surface area contributed by atoms with Crippen molar-refractivity contribution in [2.24, 2.45) is 0 Å². The number of nitrogens with zero attached hydrogens (tertiary/aromatic N) is 1. The highest BCUT2D eigenvalue weighted by atomic mass is 19.1. The van der Waals surface area contributed by atoms with Gasteiger partial charge in [-0.25, -0.2) is 4.39 Å². The van der Waals surface area contributed by atoms with Crippen molar-refractivity contribution in [3.63, 3.8) is 0 Å². The molecular formula is C23H29FN2O5. The van der Waals surface area contributed by atoms with Gasteiger partial charge in [0.15, 0.2) is 6.61 Å². The number of rotatable bonds is 10. The van der Waals surface area contributed by atoms with Gasteiger partial charge in [-0.2, -0.15) is 0 Å². The largest absolute Gasteiger partial charge is 0.496 e. The molecular weight excluding hydrogens is 403 g/mol. The van der Waals surface area contributed by atoms with Gasteiger partial charge < -0.3 is 24.4 Å². The monoisotopic (exact) mass is 432 g/mol. The minimum Gasteiger partial charge on any atom is -0.496 e. The summed E-state index contributed by atoms with van der Waals surface area (Å²) in [6.45, 7) is 5.17. The fraction of sp³-hybridized carbons (Fsp3) is 0.391. The van der Waals surface area contributed by atoms with Crippen molar-refractivity contribution in [2.45, 2.75) is 39.4 Å². The molecule has 0 spiro atoms. The van der Waals surface area contributed by atoms with Gasteiger partial charge in [-0.05, 0) is 38.5 Å². The Morgan fingerprint density at radius 3 is 2.03 bits per heavy atom. The highest BCUT2D eigenvalue weighted by molar-refractivity contribution is 5.88. The molecule has 0 saturated carbocycles. The molecule has 7 nitrogen and oxygen atoms in total. The highest BCUT2D eigenvalue weighted by Crippen LogP contribution is 2.27. The van der Waals surface area contributed by atoms with Crippen molar-refractivity contribution in [1.82, 2.24) is 10.2 Å². The Hall–Kier alpha value is -3.29. The molecule has 31 heavy (non-hydrogen) atoms. The predicted molar refractivity (Wildman–Crippen MR) is 115 cm³/mol. The molecule has 1 unspecified atom stereocenters. The molecule has 0 fully saturated rings. The third kappa shape index (κ3) is 7.16. The zero-order valence-corrected chi connectivity index (χ0v) is 18.5. The summed E-state index contributed by atoms with van der Waals surface area (Å²) < 4.78 is 29.3. The Bertz CT molecular complexity index is 864. The number of methoxy groups -OCH3 is 2. The number of nitrogens with one attached hydrogen (secondary N) is 1. The maximum Gasteiger partial charge on any atom is 0.261 e. The molecule has 0 bridgehead atoms. The van der Waals surface area contributed by atoms with E-state index < -0.39 is 11.9 Å². The van der Waals surface area contributed by atoms with Crippen molar-refractivity contribution < 1.29 is 28.2 Å². The minimum atomic E-state index is -0.747. The van der Waals surface area contributed by atoms with Gasteiger partial charge in [-0.3, -0.25) is 9.59 Å². The third-order valence-corrected chi connectivity index (χ3v) is 4.55. The molecule has 0 aliphatic heterocycles. The molecule has 0 radical (unpaired) electrons. The van der Waals surface area contributed by atoms with Crippen LogP contribution in [0.5, 0.6) is 17.2 Å². The lowest BCUT2D eigenvalue weighted by Gasteiger charge is -2.29. The van der Waals surface area contributed by atoms with E-state index in [-0.39, 0.29) is 30.9 Å². The second-order valence-electron chi connectivity index (χ2n) is 7.32. The molecule has 1 atom stereocenters. The number of carbonyl (C=O) groups excluding carboxylic acids is 2. The molecule has 168 valence electrons. The topological polar surface area (TPSA) is 77.1 Å². The maximum atomic E-state index is 13.3. The van der Waals surface area contributed by atoms with Crippen molar-refractivity contribution in [3.05, 3.63) is 53.8 Å². The second-order valence-corrected chi connectivity index (χ2v) is 7.32. The van der Waals surface area contributed by atoms with Gasteiger partial charge in [0.05, 0.1) is 14.2 Å². The van der Waals surface area contributed by atoms with Gasteiger partial charge in [0.1, 0.15) is 29.1 Å². The minimum absolute atomic E-state index is 0.0711. The first-order chi connectivity index (χ1) is 14.7. The highest BCUT2D eigenvalue weighted by Gasteiger charge is 2.27. The van der Waals surface area contributed by atoms with Gasteiger partial charge in [-0.15, -0.1) is 0 Å². The van der Waals surface area contributed by atoms with Crippen LogP contribution in [0.15, 0.2) is 42.5 Å². The van der Waals surface area contributed by atoms with Crippen LogP contribution in [0.1, 0.15) is 26.3 Å². The van der Waals surface area contributed by atoms with E-state index in [4.69, 9.17) is 14.2 Å². The Kier molecular flexibility index (Phi) is 8.66. The van der Waals surface area contributed by atoms with E-state index in [2.05, 4.69) is 5.32 Å². The molecule has 2 rings (SSSR count). The van der Waals surface area contributed by atoms with Crippen LogP contribution in [0.2, 0.25) is 0 Å². The molecule has 0 saturated heterocycles. The van der Waals surface area contributed by atoms with Crippen LogP contribution in [0.25, 0.3) is 0 Å². The average molecular weight is 432 g/mol. The summed E-state index contributed by atoms with van der Waals surface area (Å²) in [6, 6.07) is 9.93. The van der Waals surface area contributed by atoms with Crippen molar-refractivity contribution in [1.29, 1.82) is 0 Å². The van der Waals surface area contributed by atoms with E-state index in [1.807, 2.05) is 13.8 Å². The Balaban J connectivity index is 2.18. The van der Waals surface area contributed by atoms with Gasteiger partial charge in [0, 0.05) is 30.8 Å². The molecule has 8 heteroatoms. The van der Waals surface area contributed by atoms with E-state index in [0.29, 0.717) is 22.8 Å². The fourth-order valence-electron chi connectivity index (χ4n) is 2.87. The SMILES string of the molecule is COc1cc(OC)cc(OCC(=O)N(Cc2ccc(F)cc2)C(C)C(=O)NC(C)C)c1. The predicted octanol–water partition coefficient (Wildman–Crippen LogP) is 3.16. The third-order valence-electron chi connectivity index (χ3n) is 4.55. The van der Waals surface area contributed by atoms with Crippen LogP contribution in [-0.2, 0) is 16.1 Å². The summed E-state index contributed by atoms with van der Waals surface area (Å²) in [7, 11) is 3.03. The molecule has 0 aliphatic carbocycles. The van der Waals surface area contributed by atoms with Crippen LogP contribution < -0.4 is 19.5 Å². The standard InChI is InChI=1S/C23H29FN2O5/c1-15(2)25-23(28)16(3)26(13-17-6-8-18(24)9-7-17)22(27)14-31-21-11-19(29-4)10-20(12-21)30-5/h6-12,15-16H,13-14H2,1-5H3,(H,25,28). The zero-order chi connectivity index (χ0) is 23.0. The summed E-state index contributed by atoms with van der Waals surface area (Å²) in [4.78, 5) is 27.0. The summed E-state index contributed by atoms with van der Waals surface area (Å²) in [5, 5.41) is 2.81. The number of benzene rings is 2. The second kappa shape index (κ2) is 11.2. The van der Waals surface area contributed by atoms with Crippen molar-refractivity contribution in [2.75, 3.05) is 20.8 Å². The van der Waals surface area contributed by atoms with Crippen LogP contribution in [0, 0.1) is 5.82 Å². The number of ether oxygens (including phenoxy) is 3. The van der Waals surface area contributed by atoms with E-state index in [1.54, 1.807) is 37.3 Å². The molecule has 2 aromatic rings. The number of carbonyl (C=O) groups is 2. The zero-order valence-electron chi connectivity index (χ0n) is 18.5. The van der Waals surface area contributed by atoms with Gasteiger partial charge >= 0.3 is 0 Å². The summed E-state index contributed by atoms with van der Waals surface area (Å²) >= 11 is 0. The lowest BCUT2D eigenvalue weighted by atomic mass is 10.1. The van der Waals surface area contributed by atoms with Gasteiger partial charge in [0.2, 0.25) is 5.91 Å². The van der Waals surface area contributed by atoms with Crippen molar-refractivity contribution in [3.8, 4) is 17.2 Å². The fourth-order valence-corrected chi connectivity index (χ4v) is 2.87. The quantitative estimate of drug-likeness (QED) is 0.624. The number of hydrogen-bond donors (Lipinski definition) is 1. The smallest absolute Gasteiger partial charge is 0.261 e. The van der Waals surface area contributed by atoms with E-state index in [1.165, 1.54) is 31.3 Å². The first-order valence-electron chi connectivity index (χ1n) is 9.93. The van der Waals surface area contributed by atoms with Gasteiger partial charge in [0.25, 0.3) is 5.91 Å². The Labute approximate surface area is 182 Å². The summed E-state index contributed by atoms with van der Waals surface area (Å²) in [5.74, 6) is 0.392. The number of hydrogen-bond acceptors (Lipinski definition) is 5. The lowest BCUT2D eigenvalue weighted by molar-refractivity contribution is -0.142. The van der Waals surface area contributed by atoms with Crippen LogP contribution >= 0.6 is 0 Å². The normalized spacial score (nSPS) is 11.6. The first kappa shape index (κ1) is 24.0. The number of halogens is 1. The van der Waals surface area contributed by atoms with Crippen molar-refractivity contribution >= 4 is 11.8 Å². The maximum absolute atomic E-state index is 13.3. The van der Waals surface area contributed by atoms with Gasteiger partial charge in [-0.1, -0.05) is 12.1 Å². The van der Waals surface area contributed by atoms with E-state index in [0.717, 1.165) is 0 Å². The molecule has 1 N–H and O–H groups in total. The Morgan fingerprint density at radius 2 is 1.52 bits per heavy atom.